The van der Waals surface area contributed by atoms with Gasteiger partial charge in [-0.3, -0.25) is 0 Å². The average Bonchev–Trinajstić information content (AvgIpc) is 2.52. The lowest BCUT2D eigenvalue weighted by molar-refractivity contribution is 0.654. The third kappa shape index (κ3) is 4.56. The first-order valence-electron chi connectivity index (χ1n) is 5.27. The predicted octanol–water partition coefficient (Wildman–Crippen LogP) is 4.34. The first-order chi connectivity index (χ1) is 6.72. The normalized spacial score (nSPS) is 13.1. The van der Waals surface area contributed by atoms with Crippen molar-refractivity contribution < 1.29 is 0 Å². The molecular formula is C11H18BrNS. The van der Waals surface area contributed by atoms with Crippen molar-refractivity contribution in [3.8, 4) is 0 Å². The van der Waals surface area contributed by atoms with E-state index in [9.17, 15) is 0 Å². The Balaban J connectivity index is 2.15. The molecule has 1 nitrogen and oxygen atoms in total. The van der Waals surface area contributed by atoms with E-state index in [4.69, 9.17) is 0 Å². The van der Waals surface area contributed by atoms with Gasteiger partial charge in [0.05, 0.1) is 5.01 Å². The van der Waals surface area contributed by atoms with Gasteiger partial charge < -0.3 is 0 Å². The second kappa shape index (κ2) is 6.57. The van der Waals surface area contributed by atoms with E-state index in [1.54, 1.807) is 11.3 Å². The monoisotopic (exact) mass is 275 g/mol. The summed E-state index contributed by atoms with van der Waals surface area (Å²) >= 11 is 5.49. The van der Waals surface area contributed by atoms with Crippen LogP contribution in [0.2, 0.25) is 0 Å². The highest BCUT2D eigenvalue weighted by Gasteiger charge is 2.04. The Morgan fingerprint density at radius 2 is 2.29 bits per heavy atom. The molecule has 0 fully saturated rings. The summed E-state index contributed by atoms with van der Waals surface area (Å²) in [6.45, 7) is 4.29. The van der Waals surface area contributed by atoms with Crippen LogP contribution in [0, 0.1) is 6.92 Å². The summed E-state index contributed by atoms with van der Waals surface area (Å²) in [5.74, 6) is 0. The van der Waals surface area contributed by atoms with Crippen LogP contribution >= 0.6 is 27.3 Å². The molecular weight excluding hydrogens is 258 g/mol. The third-order valence-electron chi connectivity index (χ3n) is 2.18. The van der Waals surface area contributed by atoms with E-state index in [2.05, 4.69) is 40.1 Å². The van der Waals surface area contributed by atoms with Gasteiger partial charge in [0, 0.05) is 15.9 Å². The van der Waals surface area contributed by atoms with E-state index >= 15 is 0 Å². The third-order valence-corrected chi connectivity index (χ3v) is 4.12. The molecule has 1 aromatic heterocycles. The Morgan fingerprint density at radius 1 is 1.50 bits per heavy atom. The lowest BCUT2D eigenvalue weighted by Crippen LogP contribution is -1.97. The maximum atomic E-state index is 4.46. The molecule has 14 heavy (non-hydrogen) atoms. The molecule has 0 aliphatic heterocycles. The van der Waals surface area contributed by atoms with Gasteiger partial charge in [0.25, 0.3) is 0 Å². The number of aryl methyl sites for hydroxylation is 2. The van der Waals surface area contributed by atoms with Crippen molar-refractivity contribution in [3.63, 3.8) is 0 Å². The highest BCUT2D eigenvalue weighted by molar-refractivity contribution is 9.09. The average molecular weight is 276 g/mol. The molecule has 1 unspecified atom stereocenters. The van der Waals surface area contributed by atoms with E-state index in [1.807, 2.05) is 0 Å². The number of aromatic nitrogens is 1. The minimum Gasteiger partial charge on any atom is -0.247 e. The maximum Gasteiger partial charge on any atom is 0.0928 e. The van der Waals surface area contributed by atoms with Gasteiger partial charge in [-0.15, -0.1) is 11.3 Å². The standard InChI is InChI=1S/C11H18BrNS/c1-3-5-10(12)6-4-7-11-13-9(2)8-14-11/h8,10H,3-7H2,1-2H3. The molecule has 0 spiro atoms. The summed E-state index contributed by atoms with van der Waals surface area (Å²) in [5, 5.41) is 3.42. The summed E-state index contributed by atoms with van der Waals surface area (Å²) < 4.78 is 0. The van der Waals surface area contributed by atoms with Crippen molar-refractivity contribution in [2.24, 2.45) is 0 Å². The highest BCUT2D eigenvalue weighted by atomic mass is 79.9. The van der Waals surface area contributed by atoms with Crippen LogP contribution in [0.15, 0.2) is 5.38 Å². The molecule has 0 N–H and O–H groups in total. The molecule has 1 heterocycles. The highest BCUT2D eigenvalue weighted by Crippen LogP contribution is 2.17. The molecule has 0 aliphatic rings. The fraction of sp³-hybridized carbons (Fsp3) is 0.727. The predicted molar refractivity (Wildman–Crippen MR) is 67.4 cm³/mol. The minimum absolute atomic E-state index is 0.702. The lowest BCUT2D eigenvalue weighted by Gasteiger charge is -2.06. The first-order valence-corrected chi connectivity index (χ1v) is 7.07. The van der Waals surface area contributed by atoms with Gasteiger partial charge in [-0.2, -0.15) is 0 Å². The quantitative estimate of drug-likeness (QED) is 0.704. The molecule has 3 heteroatoms. The Labute approximate surface area is 99.1 Å². The summed E-state index contributed by atoms with van der Waals surface area (Å²) in [5.41, 5.74) is 1.16. The zero-order chi connectivity index (χ0) is 10.4. The molecule has 1 rings (SSSR count). The summed E-state index contributed by atoms with van der Waals surface area (Å²) in [7, 11) is 0. The van der Waals surface area contributed by atoms with Gasteiger partial charge in [0.2, 0.25) is 0 Å². The van der Waals surface area contributed by atoms with Crippen molar-refractivity contribution in [1.82, 2.24) is 4.98 Å². The van der Waals surface area contributed by atoms with Gasteiger partial charge >= 0.3 is 0 Å². The van der Waals surface area contributed by atoms with E-state index in [1.165, 1.54) is 30.7 Å². The van der Waals surface area contributed by atoms with Crippen molar-refractivity contribution in [2.45, 2.75) is 50.8 Å². The van der Waals surface area contributed by atoms with Crippen LogP contribution in [-0.4, -0.2) is 9.81 Å². The van der Waals surface area contributed by atoms with Gasteiger partial charge in [0.15, 0.2) is 0 Å². The Bertz CT molecular complexity index is 260. The van der Waals surface area contributed by atoms with E-state index < -0.39 is 0 Å². The number of thiazole rings is 1. The van der Waals surface area contributed by atoms with Crippen molar-refractivity contribution in [3.05, 3.63) is 16.1 Å². The topological polar surface area (TPSA) is 12.9 Å². The van der Waals surface area contributed by atoms with Crippen LogP contribution in [0.25, 0.3) is 0 Å². The molecule has 1 aromatic rings. The van der Waals surface area contributed by atoms with E-state index in [-0.39, 0.29) is 0 Å². The molecule has 1 atom stereocenters. The van der Waals surface area contributed by atoms with E-state index in [0.29, 0.717) is 4.83 Å². The molecule has 0 aromatic carbocycles. The van der Waals surface area contributed by atoms with Crippen LogP contribution in [0.3, 0.4) is 0 Å². The molecule has 0 saturated heterocycles. The second-order valence-electron chi connectivity index (χ2n) is 3.66. The van der Waals surface area contributed by atoms with Crippen LogP contribution in [0.4, 0.5) is 0 Å². The van der Waals surface area contributed by atoms with Crippen LogP contribution in [0.1, 0.15) is 43.3 Å². The Hall–Kier alpha value is 0.110. The van der Waals surface area contributed by atoms with Crippen LogP contribution < -0.4 is 0 Å². The van der Waals surface area contributed by atoms with Crippen molar-refractivity contribution in [1.29, 1.82) is 0 Å². The number of hydrogen-bond acceptors (Lipinski definition) is 2. The van der Waals surface area contributed by atoms with Crippen molar-refractivity contribution in [2.75, 3.05) is 0 Å². The summed E-state index contributed by atoms with van der Waals surface area (Å²) in [6, 6.07) is 0. The number of rotatable bonds is 6. The first kappa shape index (κ1) is 12.2. The fourth-order valence-corrected chi connectivity index (χ4v) is 3.05. The number of halogens is 1. The van der Waals surface area contributed by atoms with Gasteiger partial charge in [-0.25, -0.2) is 4.98 Å². The number of alkyl halides is 1. The van der Waals surface area contributed by atoms with E-state index in [0.717, 1.165) is 12.1 Å². The Morgan fingerprint density at radius 3 is 2.86 bits per heavy atom. The number of nitrogens with zero attached hydrogens (tertiary/aromatic N) is 1. The maximum absolute atomic E-state index is 4.46. The molecule has 0 amide bonds. The number of hydrogen-bond donors (Lipinski definition) is 0. The summed E-state index contributed by atoms with van der Waals surface area (Å²) in [6.07, 6.45) is 6.23. The van der Waals surface area contributed by atoms with Crippen molar-refractivity contribution >= 4 is 27.3 Å². The van der Waals surface area contributed by atoms with Gasteiger partial charge in [-0.05, 0) is 32.6 Å². The summed E-state index contributed by atoms with van der Waals surface area (Å²) in [4.78, 5) is 5.16. The lowest BCUT2D eigenvalue weighted by atomic mass is 10.1. The zero-order valence-electron chi connectivity index (χ0n) is 8.92. The van der Waals surface area contributed by atoms with Gasteiger partial charge in [-0.1, -0.05) is 29.3 Å². The molecule has 0 radical (unpaired) electrons. The SMILES string of the molecule is CCCC(Br)CCCc1nc(C)cs1. The Kier molecular flexibility index (Phi) is 5.71. The molecule has 0 saturated carbocycles. The van der Waals surface area contributed by atoms with Crippen LogP contribution in [-0.2, 0) is 6.42 Å². The molecule has 80 valence electrons. The zero-order valence-corrected chi connectivity index (χ0v) is 11.3. The smallest absolute Gasteiger partial charge is 0.0928 e. The fourth-order valence-electron chi connectivity index (χ4n) is 1.45. The largest absolute Gasteiger partial charge is 0.247 e. The van der Waals surface area contributed by atoms with Gasteiger partial charge in [0.1, 0.15) is 0 Å². The minimum atomic E-state index is 0.702. The molecule has 0 bridgehead atoms. The molecule has 0 aliphatic carbocycles. The van der Waals surface area contributed by atoms with Crippen LogP contribution in [0.5, 0.6) is 0 Å². The second-order valence-corrected chi connectivity index (χ2v) is 5.90.